The second-order valence-corrected chi connectivity index (χ2v) is 5.73. The fraction of sp³-hybridized carbons (Fsp3) is 0.133. The van der Waals surface area contributed by atoms with Crippen LogP contribution in [-0.2, 0) is 0 Å². The van der Waals surface area contributed by atoms with Gasteiger partial charge in [-0.3, -0.25) is 4.79 Å². The normalized spacial score (nSPS) is 10.8. The Labute approximate surface area is 125 Å². The predicted octanol–water partition coefficient (Wildman–Crippen LogP) is 3.18. The van der Waals surface area contributed by atoms with Gasteiger partial charge < -0.3 is 10.2 Å². The molecule has 0 fully saturated rings. The third-order valence-corrected chi connectivity index (χ3v) is 3.93. The molecule has 2 N–H and O–H groups in total. The van der Waals surface area contributed by atoms with Gasteiger partial charge >= 0.3 is 0 Å². The van der Waals surface area contributed by atoms with E-state index < -0.39 is 5.91 Å². The molecule has 106 valence electrons. The zero-order valence-corrected chi connectivity index (χ0v) is 12.4. The van der Waals surface area contributed by atoms with E-state index in [1.165, 1.54) is 17.6 Å². The minimum absolute atomic E-state index is 0.425. The van der Waals surface area contributed by atoms with Crippen molar-refractivity contribution < 1.29 is 9.21 Å². The summed E-state index contributed by atoms with van der Waals surface area (Å²) in [4.78, 5) is 20.4. The Balaban J connectivity index is 2.23. The van der Waals surface area contributed by atoms with Crippen LogP contribution in [0.1, 0.15) is 20.9 Å². The van der Waals surface area contributed by atoms with E-state index >= 15 is 0 Å². The molecule has 0 unspecified atom stereocenters. The van der Waals surface area contributed by atoms with Crippen LogP contribution < -0.4 is 5.73 Å². The van der Waals surface area contributed by atoms with Gasteiger partial charge in [0.05, 0.1) is 16.9 Å². The van der Waals surface area contributed by atoms with Crippen LogP contribution >= 0.6 is 11.3 Å². The lowest BCUT2D eigenvalue weighted by Gasteiger charge is -2.10. The van der Waals surface area contributed by atoms with Crippen molar-refractivity contribution in [1.82, 2.24) is 9.97 Å². The number of hydrogen-bond acceptors (Lipinski definition) is 5. The number of carbonyl (C=O) groups excluding carboxylic acids is 1. The summed E-state index contributed by atoms with van der Waals surface area (Å²) in [6, 6.07) is 3.62. The Morgan fingerprint density at radius 3 is 2.71 bits per heavy atom. The summed E-state index contributed by atoms with van der Waals surface area (Å²) in [5, 5.41) is 2.87. The zero-order valence-electron chi connectivity index (χ0n) is 11.6. The van der Waals surface area contributed by atoms with Crippen molar-refractivity contribution >= 4 is 17.2 Å². The quantitative estimate of drug-likeness (QED) is 0.805. The van der Waals surface area contributed by atoms with E-state index in [4.69, 9.17) is 10.2 Å². The van der Waals surface area contributed by atoms with Gasteiger partial charge in [-0.1, -0.05) is 0 Å². The van der Waals surface area contributed by atoms with E-state index in [1.807, 2.05) is 25.3 Å². The molecule has 0 aliphatic carbocycles. The summed E-state index contributed by atoms with van der Waals surface area (Å²) in [7, 11) is 0. The average Bonchev–Trinajstić information content (AvgIpc) is 3.08. The number of rotatable bonds is 3. The van der Waals surface area contributed by atoms with Crippen LogP contribution in [0.25, 0.3) is 22.7 Å². The molecule has 1 amide bonds. The van der Waals surface area contributed by atoms with E-state index in [-0.39, 0.29) is 0 Å². The molecule has 0 radical (unpaired) electrons. The monoisotopic (exact) mass is 299 g/mol. The molecule has 6 heteroatoms. The van der Waals surface area contributed by atoms with Crippen molar-refractivity contribution in [2.75, 3.05) is 0 Å². The SMILES string of the molecule is Cc1nc(-c2c(C)cc(-c3ncco3)cc2C(N)=O)cs1. The molecule has 5 nitrogen and oxygen atoms in total. The number of nitrogens with two attached hydrogens (primary N) is 1. The van der Waals surface area contributed by atoms with Crippen LogP contribution in [0.2, 0.25) is 0 Å². The average molecular weight is 299 g/mol. The van der Waals surface area contributed by atoms with Crippen LogP contribution in [0.15, 0.2) is 34.4 Å². The van der Waals surface area contributed by atoms with Gasteiger partial charge in [0.25, 0.3) is 0 Å². The van der Waals surface area contributed by atoms with Crippen molar-refractivity contribution in [2.24, 2.45) is 5.73 Å². The Bertz CT molecular complexity index is 806. The molecule has 3 aromatic rings. The number of primary amides is 1. The second kappa shape index (κ2) is 5.14. The lowest BCUT2D eigenvalue weighted by atomic mass is 9.96. The van der Waals surface area contributed by atoms with Crippen LogP contribution in [0, 0.1) is 13.8 Å². The van der Waals surface area contributed by atoms with Crippen LogP contribution in [0.3, 0.4) is 0 Å². The maximum absolute atomic E-state index is 11.8. The van der Waals surface area contributed by atoms with Gasteiger partial charge in [-0.2, -0.15) is 0 Å². The van der Waals surface area contributed by atoms with E-state index in [1.54, 1.807) is 12.3 Å². The first-order valence-corrected chi connectivity index (χ1v) is 7.21. The van der Waals surface area contributed by atoms with E-state index in [0.29, 0.717) is 11.5 Å². The molecule has 2 heterocycles. The number of aryl methyl sites for hydroxylation is 2. The predicted molar refractivity (Wildman–Crippen MR) is 81.0 cm³/mol. The number of amides is 1. The first kappa shape index (κ1) is 13.5. The third-order valence-electron chi connectivity index (χ3n) is 3.16. The van der Waals surface area contributed by atoms with Crippen molar-refractivity contribution in [3.8, 4) is 22.7 Å². The lowest BCUT2D eigenvalue weighted by Crippen LogP contribution is -2.13. The molecule has 2 aromatic heterocycles. The minimum atomic E-state index is -0.493. The number of thiazole rings is 1. The molecule has 0 bridgehead atoms. The summed E-state index contributed by atoms with van der Waals surface area (Å²) in [5.74, 6) is -0.0335. The maximum atomic E-state index is 11.8. The fourth-order valence-corrected chi connectivity index (χ4v) is 2.89. The van der Waals surface area contributed by atoms with Gasteiger partial charge in [0, 0.05) is 22.1 Å². The van der Waals surface area contributed by atoms with Gasteiger partial charge in [-0.05, 0) is 31.5 Å². The Morgan fingerprint density at radius 2 is 2.14 bits per heavy atom. The summed E-state index contributed by atoms with van der Waals surface area (Å²) in [5.41, 5.74) is 9.12. The van der Waals surface area contributed by atoms with Crippen molar-refractivity contribution in [3.63, 3.8) is 0 Å². The van der Waals surface area contributed by atoms with Gasteiger partial charge in [0.1, 0.15) is 6.26 Å². The molecule has 1 aromatic carbocycles. The number of oxazole rings is 1. The smallest absolute Gasteiger partial charge is 0.249 e. The lowest BCUT2D eigenvalue weighted by molar-refractivity contribution is 0.100. The highest BCUT2D eigenvalue weighted by Gasteiger charge is 2.18. The number of nitrogens with zero attached hydrogens (tertiary/aromatic N) is 2. The Hall–Kier alpha value is -2.47. The molecule has 0 aliphatic rings. The summed E-state index contributed by atoms with van der Waals surface area (Å²) in [6.45, 7) is 3.84. The van der Waals surface area contributed by atoms with Crippen LogP contribution in [0.4, 0.5) is 0 Å². The molecule has 3 rings (SSSR count). The molecule has 0 spiro atoms. The Kier molecular flexibility index (Phi) is 3.31. The van der Waals surface area contributed by atoms with Gasteiger partial charge in [0.2, 0.25) is 11.8 Å². The minimum Gasteiger partial charge on any atom is -0.445 e. The van der Waals surface area contributed by atoms with Crippen LogP contribution in [0.5, 0.6) is 0 Å². The van der Waals surface area contributed by atoms with Crippen LogP contribution in [-0.4, -0.2) is 15.9 Å². The molecule has 0 atom stereocenters. The first-order valence-electron chi connectivity index (χ1n) is 6.33. The number of carbonyl (C=O) groups is 1. The zero-order chi connectivity index (χ0) is 15.0. The Morgan fingerprint density at radius 1 is 1.33 bits per heavy atom. The maximum Gasteiger partial charge on any atom is 0.249 e. The summed E-state index contributed by atoms with van der Waals surface area (Å²) >= 11 is 1.54. The highest BCUT2D eigenvalue weighted by molar-refractivity contribution is 7.09. The highest BCUT2D eigenvalue weighted by Crippen LogP contribution is 2.32. The van der Waals surface area contributed by atoms with Gasteiger partial charge in [0.15, 0.2) is 0 Å². The third kappa shape index (κ3) is 2.45. The molecule has 0 aliphatic heterocycles. The number of aromatic nitrogens is 2. The van der Waals surface area contributed by atoms with Crippen molar-refractivity contribution in [1.29, 1.82) is 0 Å². The van der Waals surface area contributed by atoms with E-state index in [9.17, 15) is 4.79 Å². The highest BCUT2D eigenvalue weighted by atomic mass is 32.1. The number of hydrogen-bond donors (Lipinski definition) is 1. The van der Waals surface area contributed by atoms with E-state index in [2.05, 4.69) is 9.97 Å². The number of benzene rings is 1. The molecule has 0 saturated heterocycles. The fourth-order valence-electron chi connectivity index (χ4n) is 2.29. The molecular formula is C15H13N3O2S. The topological polar surface area (TPSA) is 82.0 Å². The second-order valence-electron chi connectivity index (χ2n) is 4.67. The summed E-state index contributed by atoms with van der Waals surface area (Å²) < 4.78 is 5.28. The largest absolute Gasteiger partial charge is 0.445 e. The molecular weight excluding hydrogens is 286 g/mol. The molecule has 0 saturated carbocycles. The van der Waals surface area contributed by atoms with E-state index in [0.717, 1.165) is 27.4 Å². The summed E-state index contributed by atoms with van der Waals surface area (Å²) in [6.07, 6.45) is 3.05. The van der Waals surface area contributed by atoms with Gasteiger partial charge in [-0.25, -0.2) is 9.97 Å². The van der Waals surface area contributed by atoms with Crippen molar-refractivity contribution in [3.05, 3.63) is 46.1 Å². The van der Waals surface area contributed by atoms with Gasteiger partial charge in [-0.15, -0.1) is 11.3 Å². The standard InChI is InChI=1S/C15H13N3O2S/c1-8-5-10(15-17-3-4-20-15)6-11(14(16)19)13(8)12-7-21-9(2)18-12/h3-7H,1-2H3,(H2,16,19). The van der Waals surface area contributed by atoms with Crippen molar-refractivity contribution in [2.45, 2.75) is 13.8 Å². The first-order chi connectivity index (χ1) is 10.1. The molecule has 21 heavy (non-hydrogen) atoms.